The van der Waals surface area contributed by atoms with Crippen LogP contribution in [0.5, 0.6) is 0 Å². The summed E-state index contributed by atoms with van der Waals surface area (Å²) in [6, 6.07) is 0. The van der Waals surface area contributed by atoms with E-state index < -0.39 is 0 Å². The van der Waals surface area contributed by atoms with Gasteiger partial charge in [0.1, 0.15) is 12.4 Å². The Hall–Kier alpha value is -1.82. The van der Waals surface area contributed by atoms with E-state index in [9.17, 15) is 4.79 Å². The molecule has 2 heterocycles. The van der Waals surface area contributed by atoms with Crippen molar-refractivity contribution in [3.63, 3.8) is 0 Å². The van der Waals surface area contributed by atoms with E-state index in [-0.39, 0.29) is 5.91 Å². The Morgan fingerprint density at radius 2 is 2.36 bits per heavy atom. The number of hydrazone groups is 1. The predicted octanol–water partition coefficient (Wildman–Crippen LogP) is 2.60. The fraction of sp³-hybridized carbons (Fsp3) is 0.438. The smallest absolute Gasteiger partial charge is 0.272 e. The van der Waals surface area contributed by atoms with Gasteiger partial charge in [-0.15, -0.1) is 0 Å². The summed E-state index contributed by atoms with van der Waals surface area (Å²) in [5.41, 5.74) is 2.65. The molecular weight excluding hydrogens is 296 g/mol. The van der Waals surface area contributed by atoms with Gasteiger partial charge in [-0.25, -0.2) is 5.01 Å². The van der Waals surface area contributed by atoms with Crippen LogP contribution in [0.4, 0.5) is 0 Å². The molecule has 118 valence electrons. The number of carbonyl (C=O) groups is 1. The topological polar surface area (TPSA) is 48.3 Å². The average molecular weight is 318 g/mol. The van der Waals surface area contributed by atoms with Crippen molar-refractivity contribution in [2.24, 2.45) is 10.1 Å². The highest BCUT2D eigenvalue weighted by atomic mass is 32.1. The van der Waals surface area contributed by atoms with Crippen molar-refractivity contribution in [3.05, 3.63) is 34.9 Å². The van der Waals surface area contributed by atoms with Crippen LogP contribution in [0.3, 0.4) is 0 Å². The molecule has 2 rings (SSSR count). The molecular formula is C16H22N4OS. The second-order valence-corrected chi connectivity index (χ2v) is 5.36. The summed E-state index contributed by atoms with van der Waals surface area (Å²) in [5, 5.41) is 7.78. The van der Waals surface area contributed by atoms with Gasteiger partial charge in [0.15, 0.2) is 0 Å². The molecule has 22 heavy (non-hydrogen) atoms. The highest BCUT2D eigenvalue weighted by molar-refractivity contribution is 7.83. The zero-order valence-corrected chi connectivity index (χ0v) is 14.0. The number of allylic oxidation sites excluding steroid dienone is 1. The molecule has 0 aromatic heterocycles. The van der Waals surface area contributed by atoms with Crippen LogP contribution < -0.4 is 0 Å². The van der Waals surface area contributed by atoms with E-state index in [0.29, 0.717) is 18.9 Å². The first-order valence-electron chi connectivity index (χ1n) is 7.49. The lowest BCUT2D eigenvalue weighted by molar-refractivity contribution is -0.123. The number of hydrogen-bond acceptors (Lipinski definition) is 5. The van der Waals surface area contributed by atoms with Crippen molar-refractivity contribution in [1.82, 2.24) is 9.91 Å². The molecule has 0 fully saturated rings. The van der Waals surface area contributed by atoms with Gasteiger partial charge in [-0.3, -0.25) is 9.79 Å². The highest BCUT2D eigenvalue weighted by Gasteiger charge is 2.24. The summed E-state index contributed by atoms with van der Waals surface area (Å²) in [4.78, 5) is 18.9. The lowest BCUT2D eigenvalue weighted by Crippen LogP contribution is -2.41. The number of carbonyl (C=O) groups excluding carboxylic acids is 1. The Morgan fingerprint density at radius 1 is 1.55 bits per heavy atom. The number of thiol groups is 1. The monoisotopic (exact) mass is 318 g/mol. The lowest BCUT2D eigenvalue weighted by Gasteiger charge is -2.29. The van der Waals surface area contributed by atoms with Crippen molar-refractivity contribution >= 4 is 30.5 Å². The number of nitrogens with zero attached hydrogens (tertiary/aromatic N) is 4. The van der Waals surface area contributed by atoms with E-state index >= 15 is 0 Å². The summed E-state index contributed by atoms with van der Waals surface area (Å²) >= 11 is 4.09. The summed E-state index contributed by atoms with van der Waals surface area (Å²) in [6.07, 6.45) is 9.34. The maximum Gasteiger partial charge on any atom is 0.272 e. The molecule has 0 radical (unpaired) electrons. The van der Waals surface area contributed by atoms with E-state index in [1.165, 1.54) is 0 Å². The normalized spacial score (nSPS) is 19.5. The Bertz CT molecular complexity index is 575. The van der Waals surface area contributed by atoms with Crippen LogP contribution >= 0.6 is 12.6 Å². The minimum Gasteiger partial charge on any atom is -0.333 e. The molecule has 0 aromatic rings. The first kappa shape index (κ1) is 16.5. The van der Waals surface area contributed by atoms with Crippen molar-refractivity contribution in [3.8, 4) is 0 Å². The van der Waals surface area contributed by atoms with E-state index in [1.54, 1.807) is 11.6 Å². The van der Waals surface area contributed by atoms with Gasteiger partial charge in [0.05, 0.1) is 0 Å². The van der Waals surface area contributed by atoms with E-state index in [1.807, 2.05) is 29.0 Å². The summed E-state index contributed by atoms with van der Waals surface area (Å²) in [6.45, 7) is 5.66. The van der Waals surface area contributed by atoms with Crippen molar-refractivity contribution in [2.45, 2.75) is 26.7 Å². The second kappa shape index (κ2) is 7.98. The number of hydrogen-bond donors (Lipinski definition) is 1. The van der Waals surface area contributed by atoms with Gasteiger partial charge >= 0.3 is 0 Å². The maximum atomic E-state index is 12.7. The quantitative estimate of drug-likeness (QED) is 0.640. The van der Waals surface area contributed by atoms with Crippen LogP contribution in [0, 0.1) is 0 Å². The third-order valence-electron chi connectivity index (χ3n) is 3.60. The molecule has 0 aliphatic carbocycles. The first-order chi connectivity index (χ1) is 10.7. The second-order valence-electron chi connectivity index (χ2n) is 5.06. The van der Waals surface area contributed by atoms with Crippen LogP contribution in [0.25, 0.3) is 0 Å². The fourth-order valence-corrected chi connectivity index (χ4v) is 2.69. The third-order valence-corrected chi connectivity index (χ3v) is 3.75. The van der Waals surface area contributed by atoms with Crippen molar-refractivity contribution in [1.29, 1.82) is 0 Å². The third kappa shape index (κ3) is 3.88. The molecule has 0 bridgehead atoms. The Morgan fingerprint density at radius 3 is 3.05 bits per heavy atom. The molecule has 1 amide bonds. The minimum atomic E-state index is -0.00996. The van der Waals surface area contributed by atoms with E-state index in [0.717, 1.165) is 30.7 Å². The van der Waals surface area contributed by atoms with Crippen LogP contribution in [0.15, 0.2) is 45.0 Å². The van der Waals surface area contributed by atoms with Gasteiger partial charge in [-0.2, -0.15) is 17.7 Å². The zero-order chi connectivity index (χ0) is 15.9. The average Bonchev–Trinajstić information content (AvgIpc) is 2.55. The number of aliphatic imine (C=N–C) groups is 1. The van der Waals surface area contributed by atoms with E-state index in [4.69, 9.17) is 0 Å². The molecule has 0 unspecified atom stereocenters. The van der Waals surface area contributed by atoms with Crippen LogP contribution in [0.2, 0.25) is 0 Å². The lowest BCUT2D eigenvalue weighted by atomic mass is 10.1. The molecule has 0 saturated heterocycles. The summed E-state index contributed by atoms with van der Waals surface area (Å²) < 4.78 is 0. The fourth-order valence-electron chi connectivity index (χ4n) is 2.50. The molecule has 0 aromatic carbocycles. The molecule has 6 heteroatoms. The van der Waals surface area contributed by atoms with Gasteiger partial charge < -0.3 is 4.90 Å². The van der Waals surface area contributed by atoms with Gasteiger partial charge in [-0.1, -0.05) is 19.1 Å². The Kier molecular flexibility index (Phi) is 6.00. The SMILES string of the molecule is C/C=N/N1CN=C(C(=O)N2CCC=C(/C=C\S)C2)C=C1CC. The Labute approximate surface area is 137 Å². The van der Waals surface area contributed by atoms with Crippen LogP contribution in [0.1, 0.15) is 26.7 Å². The zero-order valence-electron chi connectivity index (χ0n) is 13.1. The standard InChI is InChI=1S/C16H22N4OS/c1-3-14-10-15(17-12-20(14)18-4-2)16(21)19-8-5-6-13(11-19)7-9-22/h4,6-7,9-10,22H,3,5,8,11-12H2,1-2H3/b9-7-,18-4+. The first-order valence-corrected chi connectivity index (χ1v) is 8.01. The Balaban J connectivity index is 2.11. The van der Waals surface area contributed by atoms with Crippen molar-refractivity contribution < 1.29 is 4.79 Å². The van der Waals surface area contributed by atoms with Gasteiger partial charge in [0.2, 0.25) is 0 Å². The molecule has 2 aliphatic heterocycles. The molecule has 0 saturated carbocycles. The molecule has 0 spiro atoms. The largest absolute Gasteiger partial charge is 0.333 e. The molecule has 0 atom stereocenters. The van der Waals surface area contributed by atoms with Gasteiger partial charge in [-0.05, 0) is 36.8 Å². The van der Waals surface area contributed by atoms with Crippen LogP contribution in [-0.2, 0) is 4.79 Å². The van der Waals surface area contributed by atoms with Gasteiger partial charge in [0.25, 0.3) is 5.91 Å². The van der Waals surface area contributed by atoms with Gasteiger partial charge in [0, 0.05) is 25.0 Å². The van der Waals surface area contributed by atoms with Crippen LogP contribution in [-0.4, -0.2) is 47.5 Å². The molecule has 2 aliphatic rings. The maximum absolute atomic E-state index is 12.7. The minimum absolute atomic E-state index is 0.00996. The predicted molar refractivity (Wildman–Crippen MR) is 94.1 cm³/mol. The summed E-state index contributed by atoms with van der Waals surface area (Å²) in [5.74, 6) is -0.00996. The molecule has 0 N–H and O–H groups in total. The van der Waals surface area contributed by atoms with Crippen molar-refractivity contribution in [2.75, 3.05) is 19.8 Å². The van der Waals surface area contributed by atoms with E-state index in [2.05, 4.69) is 35.7 Å². The number of amides is 1. The summed E-state index contributed by atoms with van der Waals surface area (Å²) in [7, 11) is 0. The highest BCUT2D eigenvalue weighted by Crippen LogP contribution is 2.17. The molecule has 5 nitrogen and oxygen atoms in total. The number of rotatable bonds is 4.